The SMILES string of the molecule is CC1(C)[C](c2ccc(Cl)cc2)C1c1ccccc1. The van der Waals surface area contributed by atoms with Gasteiger partial charge in [-0.25, -0.2) is 0 Å². The van der Waals surface area contributed by atoms with Crippen molar-refractivity contribution < 1.29 is 0 Å². The molecule has 0 nitrogen and oxygen atoms in total. The minimum Gasteiger partial charge on any atom is -0.0843 e. The van der Waals surface area contributed by atoms with Gasteiger partial charge in [-0.15, -0.1) is 0 Å². The molecule has 18 heavy (non-hydrogen) atoms. The van der Waals surface area contributed by atoms with Gasteiger partial charge in [0.2, 0.25) is 0 Å². The summed E-state index contributed by atoms with van der Waals surface area (Å²) in [6.07, 6.45) is 0. The molecular weight excluding hydrogens is 240 g/mol. The Balaban J connectivity index is 1.93. The molecule has 3 rings (SSSR count). The third kappa shape index (κ3) is 1.85. The van der Waals surface area contributed by atoms with Gasteiger partial charge in [-0.3, -0.25) is 0 Å². The van der Waals surface area contributed by atoms with Gasteiger partial charge in [0.05, 0.1) is 0 Å². The maximum absolute atomic E-state index is 5.95. The zero-order chi connectivity index (χ0) is 12.8. The van der Waals surface area contributed by atoms with Crippen molar-refractivity contribution >= 4 is 11.6 Å². The van der Waals surface area contributed by atoms with Crippen molar-refractivity contribution in [1.82, 2.24) is 0 Å². The summed E-state index contributed by atoms with van der Waals surface area (Å²) in [6, 6.07) is 18.9. The first kappa shape index (κ1) is 11.8. The number of rotatable bonds is 2. The Morgan fingerprint density at radius 2 is 1.50 bits per heavy atom. The highest BCUT2D eigenvalue weighted by molar-refractivity contribution is 6.30. The molecule has 0 saturated heterocycles. The lowest BCUT2D eigenvalue weighted by atomic mass is 10.0. The van der Waals surface area contributed by atoms with Gasteiger partial charge < -0.3 is 0 Å². The summed E-state index contributed by atoms with van der Waals surface area (Å²) in [6.45, 7) is 4.63. The van der Waals surface area contributed by atoms with Gasteiger partial charge in [0.1, 0.15) is 0 Å². The Bertz CT molecular complexity index is 540. The highest BCUT2D eigenvalue weighted by Crippen LogP contribution is 2.68. The van der Waals surface area contributed by atoms with Crippen LogP contribution in [0.1, 0.15) is 30.9 Å². The molecule has 2 aromatic carbocycles. The van der Waals surface area contributed by atoms with Crippen molar-refractivity contribution in [2.75, 3.05) is 0 Å². The third-order valence-electron chi connectivity index (χ3n) is 3.91. The average Bonchev–Trinajstić information content (AvgIpc) is 2.94. The second-order valence-corrected chi connectivity index (χ2v) is 5.92. The van der Waals surface area contributed by atoms with E-state index in [4.69, 9.17) is 11.6 Å². The lowest BCUT2D eigenvalue weighted by Gasteiger charge is -2.02. The molecule has 1 atom stereocenters. The summed E-state index contributed by atoms with van der Waals surface area (Å²) in [5.74, 6) is 2.06. The summed E-state index contributed by atoms with van der Waals surface area (Å²) in [5, 5.41) is 0.800. The molecule has 2 aromatic rings. The number of benzene rings is 2. The predicted molar refractivity (Wildman–Crippen MR) is 76.8 cm³/mol. The molecule has 0 bridgehead atoms. The van der Waals surface area contributed by atoms with E-state index in [0.29, 0.717) is 5.92 Å². The van der Waals surface area contributed by atoms with E-state index in [9.17, 15) is 0 Å². The van der Waals surface area contributed by atoms with E-state index in [1.165, 1.54) is 17.0 Å². The van der Waals surface area contributed by atoms with E-state index in [-0.39, 0.29) is 5.41 Å². The second kappa shape index (κ2) is 4.13. The van der Waals surface area contributed by atoms with Crippen molar-refractivity contribution in [3.63, 3.8) is 0 Å². The normalized spacial score (nSPS) is 21.8. The van der Waals surface area contributed by atoms with Crippen LogP contribution in [0.4, 0.5) is 0 Å². The van der Waals surface area contributed by atoms with Gasteiger partial charge >= 0.3 is 0 Å². The molecule has 1 aliphatic carbocycles. The third-order valence-corrected chi connectivity index (χ3v) is 4.16. The van der Waals surface area contributed by atoms with Gasteiger partial charge in [0, 0.05) is 16.9 Å². The van der Waals surface area contributed by atoms with Crippen LogP contribution < -0.4 is 0 Å². The molecule has 0 aromatic heterocycles. The fraction of sp³-hybridized carbons (Fsp3) is 0.235. The molecule has 0 amide bonds. The van der Waals surface area contributed by atoms with Crippen LogP contribution in [0, 0.1) is 11.3 Å². The Morgan fingerprint density at radius 3 is 2.11 bits per heavy atom. The van der Waals surface area contributed by atoms with E-state index in [2.05, 4.69) is 56.3 Å². The van der Waals surface area contributed by atoms with Crippen LogP contribution in [-0.4, -0.2) is 0 Å². The van der Waals surface area contributed by atoms with Crippen LogP contribution in [-0.2, 0) is 0 Å². The molecule has 0 N–H and O–H groups in total. The van der Waals surface area contributed by atoms with Crippen molar-refractivity contribution in [2.24, 2.45) is 5.41 Å². The van der Waals surface area contributed by atoms with Crippen molar-refractivity contribution in [3.8, 4) is 0 Å². The molecule has 1 unspecified atom stereocenters. The smallest absolute Gasteiger partial charge is 0.0406 e. The van der Waals surface area contributed by atoms with Crippen molar-refractivity contribution in [1.29, 1.82) is 0 Å². The van der Waals surface area contributed by atoms with E-state index in [1.54, 1.807) is 0 Å². The molecule has 0 heterocycles. The minimum atomic E-state index is 0.259. The molecule has 1 fully saturated rings. The first-order valence-electron chi connectivity index (χ1n) is 6.29. The monoisotopic (exact) mass is 255 g/mol. The molecule has 0 spiro atoms. The molecule has 1 saturated carbocycles. The largest absolute Gasteiger partial charge is 0.0843 e. The summed E-state index contributed by atoms with van der Waals surface area (Å²) < 4.78 is 0. The van der Waals surface area contributed by atoms with Gasteiger partial charge in [-0.1, -0.05) is 67.9 Å². The molecule has 1 aliphatic rings. The quantitative estimate of drug-likeness (QED) is 0.702. The molecule has 1 radical (unpaired) electrons. The van der Waals surface area contributed by atoms with Crippen LogP contribution in [0.2, 0.25) is 5.02 Å². The fourth-order valence-electron chi connectivity index (χ4n) is 2.94. The molecular formula is C17H16Cl. The maximum Gasteiger partial charge on any atom is 0.0406 e. The predicted octanol–water partition coefficient (Wildman–Crippen LogP) is 5.09. The summed E-state index contributed by atoms with van der Waals surface area (Å²) in [5.41, 5.74) is 2.99. The first-order chi connectivity index (χ1) is 8.60. The number of hydrogen-bond donors (Lipinski definition) is 0. The van der Waals surface area contributed by atoms with E-state index < -0.39 is 0 Å². The van der Waals surface area contributed by atoms with Crippen molar-refractivity contribution in [2.45, 2.75) is 19.8 Å². The first-order valence-corrected chi connectivity index (χ1v) is 6.67. The second-order valence-electron chi connectivity index (χ2n) is 5.49. The lowest BCUT2D eigenvalue weighted by Crippen LogP contribution is -1.90. The Labute approximate surface area is 114 Å². The standard InChI is InChI=1S/C17H16Cl/c1-17(2)15(12-6-4-3-5-7-12)16(17)13-8-10-14(18)11-9-13/h3-11,15H,1-2H3. The molecule has 0 aliphatic heterocycles. The Morgan fingerprint density at radius 1 is 0.889 bits per heavy atom. The maximum atomic E-state index is 5.95. The van der Waals surface area contributed by atoms with Crippen LogP contribution >= 0.6 is 11.6 Å². The highest BCUT2D eigenvalue weighted by Gasteiger charge is 2.59. The van der Waals surface area contributed by atoms with Gasteiger partial charge in [0.25, 0.3) is 0 Å². The van der Waals surface area contributed by atoms with Crippen LogP contribution in [0.25, 0.3) is 0 Å². The highest BCUT2D eigenvalue weighted by atomic mass is 35.5. The topological polar surface area (TPSA) is 0 Å². The number of hydrogen-bond acceptors (Lipinski definition) is 0. The fourth-order valence-corrected chi connectivity index (χ4v) is 3.07. The molecule has 91 valence electrons. The van der Waals surface area contributed by atoms with Crippen LogP contribution in [0.5, 0.6) is 0 Å². The molecule has 1 heteroatoms. The Kier molecular flexibility index (Phi) is 2.71. The Hall–Kier alpha value is -1.27. The van der Waals surface area contributed by atoms with E-state index in [1.807, 2.05) is 12.1 Å². The number of halogens is 1. The average molecular weight is 256 g/mol. The zero-order valence-corrected chi connectivity index (χ0v) is 11.4. The van der Waals surface area contributed by atoms with Gasteiger partial charge in [0.15, 0.2) is 0 Å². The van der Waals surface area contributed by atoms with Gasteiger partial charge in [-0.2, -0.15) is 0 Å². The lowest BCUT2D eigenvalue weighted by molar-refractivity contribution is 0.632. The summed E-state index contributed by atoms with van der Waals surface area (Å²) in [4.78, 5) is 0. The minimum absolute atomic E-state index is 0.259. The summed E-state index contributed by atoms with van der Waals surface area (Å²) in [7, 11) is 0. The van der Waals surface area contributed by atoms with Crippen molar-refractivity contribution in [3.05, 3.63) is 76.7 Å². The van der Waals surface area contributed by atoms with Crippen LogP contribution in [0.3, 0.4) is 0 Å². The van der Waals surface area contributed by atoms with Gasteiger partial charge in [-0.05, 0) is 28.7 Å². The van der Waals surface area contributed by atoms with Crippen LogP contribution in [0.15, 0.2) is 54.6 Å². The summed E-state index contributed by atoms with van der Waals surface area (Å²) >= 11 is 5.95. The zero-order valence-electron chi connectivity index (χ0n) is 10.7. The van der Waals surface area contributed by atoms with E-state index >= 15 is 0 Å². The van der Waals surface area contributed by atoms with E-state index in [0.717, 1.165) is 5.02 Å².